The molecule has 0 saturated heterocycles. The number of hydrogen-bond acceptors (Lipinski definition) is 6. The van der Waals surface area contributed by atoms with Crippen LogP contribution in [0.1, 0.15) is 54.4 Å². The standard InChI is InChI=1S/C18H38O6/c1-11(2)7-13(5)23-9-15(19)17(21)18(22)16(20)10-24-14(6)8-12(3)4/h11-22H,7-10H2,1-6H3/t13?,14?,15-,16+,17-,18-/m1/s1. The smallest absolute Gasteiger partial charge is 0.111 e. The summed E-state index contributed by atoms with van der Waals surface area (Å²) in [6.07, 6.45) is -3.92. The van der Waals surface area contributed by atoms with Gasteiger partial charge in [0.05, 0.1) is 25.4 Å². The van der Waals surface area contributed by atoms with E-state index in [0.717, 1.165) is 12.8 Å². The van der Waals surface area contributed by atoms with Crippen molar-refractivity contribution in [2.75, 3.05) is 13.2 Å². The third-order valence-corrected chi connectivity index (χ3v) is 3.85. The van der Waals surface area contributed by atoms with E-state index in [-0.39, 0.29) is 25.4 Å². The van der Waals surface area contributed by atoms with Gasteiger partial charge in [-0.1, -0.05) is 27.7 Å². The molecule has 4 N–H and O–H groups in total. The van der Waals surface area contributed by atoms with E-state index in [1.807, 2.05) is 13.8 Å². The van der Waals surface area contributed by atoms with Gasteiger partial charge in [-0.3, -0.25) is 0 Å². The molecular formula is C18H38O6. The molecule has 0 aromatic carbocycles. The minimum absolute atomic E-state index is 0.0471. The molecule has 0 saturated carbocycles. The lowest BCUT2D eigenvalue weighted by Crippen LogP contribution is -2.48. The van der Waals surface area contributed by atoms with Gasteiger partial charge in [-0.15, -0.1) is 0 Å². The molecule has 6 heteroatoms. The summed E-state index contributed by atoms with van der Waals surface area (Å²) >= 11 is 0. The molecule has 0 spiro atoms. The first-order valence-electron chi connectivity index (χ1n) is 9.00. The van der Waals surface area contributed by atoms with Crippen molar-refractivity contribution < 1.29 is 29.9 Å². The molecule has 0 aliphatic carbocycles. The van der Waals surface area contributed by atoms with E-state index in [9.17, 15) is 20.4 Å². The molecule has 0 aliphatic heterocycles. The van der Waals surface area contributed by atoms with Crippen LogP contribution in [-0.4, -0.2) is 70.3 Å². The Labute approximate surface area is 146 Å². The van der Waals surface area contributed by atoms with Crippen molar-refractivity contribution in [2.45, 2.75) is 91.0 Å². The lowest BCUT2D eigenvalue weighted by molar-refractivity contribution is -0.143. The number of rotatable bonds is 13. The highest BCUT2D eigenvalue weighted by Crippen LogP contribution is 2.12. The molecule has 2 unspecified atom stereocenters. The van der Waals surface area contributed by atoms with E-state index < -0.39 is 24.4 Å². The monoisotopic (exact) mass is 350 g/mol. The van der Waals surface area contributed by atoms with Crippen molar-refractivity contribution >= 4 is 0 Å². The Morgan fingerprint density at radius 2 is 0.875 bits per heavy atom. The Morgan fingerprint density at radius 3 is 1.12 bits per heavy atom. The molecule has 0 heterocycles. The normalized spacial score (nSPS) is 20.0. The Bertz CT molecular complexity index is 280. The quantitative estimate of drug-likeness (QED) is 0.400. The van der Waals surface area contributed by atoms with Crippen LogP contribution in [0.15, 0.2) is 0 Å². The minimum atomic E-state index is -1.49. The summed E-state index contributed by atoms with van der Waals surface area (Å²) in [5, 5.41) is 39.8. The van der Waals surface area contributed by atoms with Crippen molar-refractivity contribution in [1.82, 2.24) is 0 Å². The number of aliphatic hydroxyl groups is 4. The average Bonchev–Trinajstić information content (AvgIpc) is 2.47. The topological polar surface area (TPSA) is 99.4 Å². The molecule has 0 fully saturated rings. The van der Waals surface area contributed by atoms with Gasteiger partial charge in [0.1, 0.15) is 24.4 Å². The zero-order chi connectivity index (χ0) is 18.9. The van der Waals surface area contributed by atoms with Crippen molar-refractivity contribution in [2.24, 2.45) is 11.8 Å². The van der Waals surface area contributed by atoms with Crippen LogP contribution in [0, 0.1) is 11.8 Å². The van der Waals surface area contributed by atoms with Crippen molar-refractivity contribution in [3.63, 3.8) is 0 Å². The molecule has 0 amide bonds. The van der Waals surface area contributed by atoms with E-state index in [2.05, 4.69) is 27.7 Å². The van der Waals surface area contributed by atoms with E-state index >= 15 is 0 Å². The molecule has 0 aromatic rings. The summed E-state index contributed by atoms with van der Waals surface area (Å²) in [7, 11) is 0. The highest BCUT2D eigenvalue weighted by atomic mass is 16.5. The fourth-order valence-electron chi connectivity index (χ4n) is 2.64. The van der Waals surface area contributed by atoms with Crippen molar-refractivity contribution in [1.29, 1.82) is 0 Å². The maximum Gasteiger partial charge on any atom is 0.111 e. The first kappa shape index (κ1) is 23.8. The van der Waals surface area contributed by atoms with Crippen molar-refractivity contribution in [3.05, 3.63) is 0 Å². The second-order valence-corrected chi connectivity index (χ2v) is 7.66. The summed E-state index contributed by atoms with van der Waals surface area (Å²) in [5.74, 6) is 0.943. The molecule has 146 valence electrons. The van der Waals surface area contributed by atoms with Crippen molar-refractivity contribution in [3.8, 4) is 0 Å². The van der Waals surface area contributed by atoms with Gasteiger partial charge in [0.2, 0.25) is 0 Å². The minimum Gasteiger partial charge on any atom is -0.388 e. The molecule has 6 atom stereocenters. The molecule has 6 nitrogen and oxygen atoms in total. The predicted molar refractivity (Wildman–Crippen MR) is 93.8 cm³/mol. The van der Waals surface area contributed by atoms with Crippen LogP contribution in [0.3, 0.4) is 0 Å². The fraction of sp³-hybridized carbons (Fsp3) is 1.00. The maximum atomic E-state index is 9.97. The third-order valence-electron chi connectivity index (χ3n) is 3.85. The predicted octanol–water partition coefficient (Wildman–Crippen LogP) is 1.33. The Hall–Kier alpha value is -0.240. The second-order valence-electron chi connectivity index (χ2n) is 7.66. The second kappa shape index (κ2) is 12.2. The molecule has 0 aliphatic rings. The fourth-order valence-corrected chi connectivity index (χ4v) is 2.64. The van der Waals surface area contributed by atoms with E-state index in [1.54, 1.807) is 0 Å². The summed E-state index contributed by atoms with van der Waals surface area (Å²) in [5.41, 5.74) is 0. The lowest BCUT2D eigenvalue weighted by atomic mass is 10.0. The average molecular weight is 350 g/mol. The van der Waals surface area contributed by atoms with Gasteiger partial charge >= 0.3 is 0 Å². The summed E-state index contributed by atoms with van der Waals surface area (Å²) in [6, 6.07) is 0. The van der Waals surface area contributed by atoms with Crippen LogP contribution >= 0.6 is 0 Å². The Kier molecular flexibility index (Phi) is 12.0. The lowest BCUT2D eigenvalue weighted by Gasteiger charge is -2.28. The largest absolute Gasteiger partial charge is 0.388 e. The van der Waals surface area contributed by atoms with Gasteiger partial charge in [0, 0.05) is 0 Å². The molecule has 0 bridgehead atoms. The molecule has 24 heavy (non-hydrogen) atoms. The first-order chi connectivity index (χ1) is 11.0. The molecule has 0 radical (unpaired) electrons. The maximum absolute atomic E-state index is 9.97. The summed E-state index contributed by atoms with van der Waals surface area (Å²) < 4.78 is 10.9. The third kappa shape index (κ3) is 10.6. The molecule has 0 rings (SSSR count). The highest BCUT2D eigenvalue weighted by molar-refractivity contribution is 4.81. The van der Waals surface area contributed by atoms with Crippen LogP contribution in [0.4, 0.5) is 0 Å². The zero-order valence-electron chi connectivity index (χ0n) is 16.1. The van der Waals surface area contributed by atoms with Gasteiger partial charge in [-0.05, 0) is 38.5 Å². The van der Waals surface area contributed by atoms with Crippen LogP contribution in [0.25, 0.3) is 0 Å². The van der Waals surface area contributed by atoms with Crippen LogP contribution in [0.5, 0.6) is 0 Å². The summed E-state index contributed by atoms with van der Waals surface area (Å²) in [6.45, 7) is 11.9. The van der Waals surface area contributed by atoms with Crippen LogP contribution in [-0.2, 0) is 9.47 Å². The van der Waals surface area contributed by atoms with Gasteiger partial charge in [-0.25, -0.2) is 0 Å². The highest BCUT2D eigenvalue weighted by Gasteiger charge is 2.31. The SMILES string of the molecule is CC(C)CC(C)OC[C@@H](O)[C@@H](O)[C@H](O)[C@@H](O)COC(C)CC(C)C. The van der Waals surface area contributed by atoms with Crippen LogP contribution < -0.4 is 0 Å². The Balaban J connectivity index is 4.19. The summed E-state index contributed by atoms with van der Waals surface area (Å²) in [4.78, 5) is 0. The van der Waals surface area contributed by atoms with E-state index in [1.165, 1.54) is 0 Å². The van der Waals surface area contributed by atoms with Gasteiger partial charge in [0.25, 0.3) is 0 Å². The molecule has 0 aromatic heterocycles. The number of hydrogen-bond donors (Lipinski definition) is 4. The first-order valence-corrected chi connectivity index (χ1v) is 9.00. The Morgan fingerprint density at radius 1 is 0.583 bits per heavy atom. The van der Waals surface area contributed by atoms with Gasteiger partial charge < -0.3 is 29.9 Å². The van der Waals surface area contributed by atoms with Gasteiger partial charge in [-0.2, -0.15) is 0 Å². The number of aliphatic hydroxyl groups excluding tert-OH is 4. The van der Waals surface area contributed by atoms with E-state index in [4.69, 9.17) is 9.47 Å². The van der Waals surface area contributed by atoms with Gasteiger partial charge in [0.15, 0.2) is 0 Å². The van der Waals surface area contributed by atoms with Crippen LogP contribution in [0.2, 0.25) is 0 Å². The number of ether oxygens (including phenoxy) is 2. The zero-order valence-corrected chi connectivity index (χ0v) is 16.1. The molecular weight excluding hydrogens is 312 g/mol. The van der Waals surface area contributed by atoms with E-state index in [0.29, 0.717) is 11.8 Å².